The van der Waals surface area contributed by atoms with Gasteiger partial charge in [-0.15, -0.1) is 11.3 Å². The third kappa shape index (κ3) is 5.52. The molecular formula is C30H34N2O4S. The summed E-state index contributed by atoms with van der Waals surface area (Å²) in [6.45, 7) is 7.66. The Morgan fingerprint density at radius 2 is 1.73 bits per heavy atom. The van der Waals surface area contributed by atoms with Crippen LogP contribution in [0.5, 0.6) is 17.2 Å². The highest BCUT2D eigenvalue weighted by molar-refractivity contribution is 7.18. The van der Waals surface area contributed by atoms with Crippen LogP contribution in [0.1, 0.15) is 56.0 Å². The van der Waals surface area contributed by atoms with Crippen molar-refractivity contribution in [2.24, 2.45) is 0 Å². The maximum Gasteiger partial charge on any atom is 0.260 e. The Balaban J connectivity index is 1.22. The minimum absolute atomic E-state index is 0.0632. The van der Waals surface area contributed by atoms with Crippen LogP contribution in [0.3, 0.4) is 0 Å². The number of ether oxygens (including phenoxy) is 3. The van der Waals surface area contributed by atoms with Crippen molar-refractivity contribution in [3.63, 3.8) is 0 Å². The first-order chi connectivity index (χ1) is 17.8. The number of fused-ring (bicyclic) bond motifs is 3. The zero-order valence-electron chi connectivity index (χ0n) is 22.0. The zero-order valence-corrected chi connectivity index (χ0v) is 22.8. The number of methoxy groups -OCH3 is 1. The average Bonchev–Trinajstić information content (AvgIpc) is 3.27. The van der Waals surface area contributed by atoms with Gasteiger partial charge in [0.25, 0.3) is 5.56 Å². The molecule has 0 aliphatic heterocycles. The summed E-state index contributed by atoms with van der Waals surface area (Å²) < 4.78 is 17.4. The van der Waals surface area contributed by atoms with Gasteiger partial charge in [-0.1, -0.05) is 32.9 Å². The molecule has 1 aliphatic rings. The van der Waals surface area contributed by atoms with Gasteiger partial charge in [0.15, 0.2) is 11.5 Å². The lowest BCUT2D eigenvalue weighted by atomic mass is 9.87. The molecule has 0 spiro atoms. The highest BCUT2D eigenvalue weighted by Crippen LogP contribution is 2.36. The summed E-state index contributed by atoms with van der Waals surface area (Å²) in [7, 11) is 1.61. The number of H-pyrrole nitrogens is 1. The van der Waals surface area contributed by atoms with E-state index in [2.05, 4.69) is 37.9 Å². The molecule has 6 nitrogen and oxygen atoms in total. The van der Waals surface area contributed by atoms with Crippen LogP contribution < -0.4 is 19.8 Å². The molecule has 2 aromatic carbocycles. The molecule has 0 atom stereocenters. The van der Waals surface area contributed by atoms with Crippen molar-refractivity contribution in [2.45, 2.75) is 58.3 Å². The number of nitrogens with zero attached hydrogens (tertiary/aromatic N) is 1. The van der Waals surface area contributed by atoms with Gasteiger partial charge < -0.3 is 19.2 Å². The minimum Gasteiger partial charge on any atom is -0.493 e. The van der Waals surface area contributed by atoms with E-state index in [1.54, 1.807) is 18.4 Å². The van der Waals surface area contributed by atoms with Crippen molar-refractivity contribution in [3.8, 4) is 28.6 Å². The van der Waals surface area contributed by atoms with E-state index in [9.17, 15) is 4.79 Å². The first-order valence-electron chi connectivity index (χ1n) is 12.9. The summed E-state index contributed by atoms with van der Waals surface area (Å²) >= 11 is 1.65. The molecule has 0 fully saturated rings. The number of aromatic nitrogens is 2. The summed E-state index contributed by atoms with van der Waals surface area (Å²) in [5, 5.41) is 0.766. The van der Waals surface area contributed by atoms with Gasteiger partial charge in [-0.25, -0.2) is 4.98 Å². The highest BCUT2D eigenvalue weighted by Gasteiger charge is 2.20. The summed E-state index contributed by atoms with van der Waals surface area (Å²) in [5.74, 6) is 2.66. The molecule has 0 amide bonds. The Hall–Kier alpha value is -3.32. The van der Waals surface area contributed by atoms with Gasteiger partial charge in [-0.3, -0.25) is 4.79 Å². The Morgan fingerprint density at radius 1 is 0.973 bits per heavy atom. The molecule has 0 saturated carbocycles. The van der Waals surface area contributed by atoms with Crippen LogP contribution in [0, 0.1) is 0 Å². The minimum atomic E-state index is -0.0632. The first kappa shape index (κ1) is 25.3. The second-order valence-corrected chi connectivity index (χ2v) is 11.6. The number of thiophene rings is 1. The van der Waals surface area contributed by atoms with Crippen LogP contribution in [-0.4, -0.2) is 30.3 Å². The molecule has 1 N–H and O–H groups in total. The Morgan fingerprint density at radius 3 is 2.49 bits per heavy atom. The molecule has 37 heavy (non-hydrogen) atoms. The third-order valence-electron chi connectivity index (χ3n) is 6.80. The molecular weight excluding hydrogens is 484 g/mol. The summed E-state index contributed by atoms with van der Waals surface area (Å²) in [4.78, 5) is 22.9. The van der Waals surface area contributed by atoms with E-state index in [4.69, 9.17) is 19.2 Å². The smallest absolute Gasteiger partial charge is 0.260 e. The van der Waals surface area contributed by atoms with Crippen molar-refractivity contribution in [1.82, 2.24) is 9.97 Å². The van der Waals surface area contributed by atoms with Gasteiger partial charge in [0.05, 0.1) is 25.7 Å². The standard InChI is InChI=1S/C30H34N2O4S/c1-30(2,3)20-11-13-21(14-12-20)35-16-7-17-36-23-15-10-19(18-24(23)34-4)27-31-28(33)26-22-8-5-6-9-25(22)37-29(26)32-27/h10-15,18H,5-9,16-17H2,1-4H3,(H,31,32,33). The topological polar surface area (TPSA) is 73.4 Å². The fourth-order valence-corrected chi connectivity index (χ4v) is 5.98. The molecule has 194 valence electrons. The van der Waals surface area contributed by atoms with E-state index in [0.29, 0.717) is 30.5 Å². The quantitative estimate of drug-likeness (QED) is 0.263. The van der Waals surface area contributed by atoms with Crippen molar-refractivity contribution >= 4 is 21.6 Å². The number of aromatic amines is 1. The van der Waals surface area contributed by atoms with Gasteiger partial charge in [0.2, 0.25) is 0 Å². The predicted octanol–water partition coefficient (Wildman–Crippen LogP) is 6.68. The van der Waals surface area contributed by atoms with Gasteiger partial charge in [0.1, 0.15) is 16.4 Å². The zero-order chi connectivity index (χ0) is 26.0. The lowest BCUT2D eigenvalue weighted by Crippen LogP contribution is -2.11. The average molecular weight is 519 g/mol. The fraction of sp³-hybridized carbons (Fsp3) is 0.400. The Labute approximate surface area is 221 Å². The SMILES string of the molecule is COc1cc(-c2nc3sc4c(c3c(=O)[nH]2)CCCC4)ccc1OCCCOc1ccc(C(C)(C)C)cc1. The molecule has 2 aromatic heterocycles. The number of hydrogen-bond donors (Lipinski definition) is 1. The largest absolute Gasteiger partial charge is 0.493 e. The van der Waals surface area contributed by atoms with E-state index < -0.39 is 0 Å². The van der Waals surface area contributed by atoms with E-state index >= 15 is 0 Å². The maximum atomic E-state index is 12.9. The van der Waals surface area contributed by atoms with Gasteiger partial charge in [-0.05, 0) is 72.6 Å². The molecule has 7 heteroatoms. The number of hydrogen-bond acceptors (Lipinski definition) is 6. The lowest BCUT2D eigenvalue weighted by molar-refractivity contribution is 0.240. The highest BCUT2D eigenvalue weighted by atomic mass is 32.1. The molecule has 0 unspecified atom stereocenters. The van der Waals surface area contributed by atoms with E-state index in [1.165, 1.54) is 22.4 Å². The van der Waals surface area contributed by atoms with Crippen LogP contribution in [0.25, 0.3) is 21.6 Å². The van der Waals surface area contributed by atoms with E-state index in [0.717, 1.165) is 47.2 Å². The molecule has 5 rings (SSSR count). The van der Waals surface area contributed by atoms with Crippen LogP contribution in [0.2, 0.25) is 0 Å². The van der Waals surface area contributed by atoms with Crippen LogP contribution in [0.15, 0.2) is 47.3 Å². The molecule has 0 saturated heterocycles. The van der Waals surface area contributed by atoms with Crippen molar-refractivity contribution in [1.29, 1.82) is 0 Å². The fourth-order valence-electron chi connectivity index (χ4n) is 4.72. The van der Waals surface area contributed by atoms with Crippen molar-refractivity contribution in [2.75, 3.05) is 20.3 Å². The van der Waals surface area contributed by atoms with Gasteiger partial charge in [-0.2, -0.15) is 0 Å². The first-order valence-corrected chi connectivity index (χ1v) is 13.7. The van der Waals surface area contributed by atoms with Gasteiger partial charge in [0, 0.05) is 16.9 Å². The second-order valence-electron chi connectivity index (χ2n) is 10.5. The molecule has 0 bridgehead atoms. The van der Waals surface area contributed by atoms with Crippen LogP contribution >= 0.6 is 11.3 Å². The van der Waals surface area contributed by atoms with E-state index in [-0.39, 0.29) is 11.0 Å². The molecule has 1 aliphatic carbocycles. The third-order valence-corrected chi connectivity index (χ3v) is 7.98. The van der Waals surface area contributed by atoms with Gasteiger partial charge >= 0.3 is 0 Å². The van der Waals surface area contributed by atoms with Crippen LogP contribution in [0.4, 0.5) is 0 Å². The monoisotopic (exact) mass is 518 g/mol. The summed E-state index contributed by atoms with van der Waals surface area (Å²) in [5.41, 5.74) is 3.33. The lowest BCUT2D eigenvalue weighted by Gasteiger charge is -2.19. The van der Waals surface area contributed by atoms with Crippen molar-refractivity contribution in [3.05, 3.63) is 68.8 Å². The number of rotatable bonds is 8. The summed E-state index contributed by atoms with van der Waals surface area (Å²) in [6.07, 6.45) is 5.06. The maximum absolute atomic E-state index is 12.9. The molecule has 2 heterocycles. The summed E-state index contributed by atoms with van der Waals surface area (Å²) in [6, 6.07) is 13.9. The second kappa shape index (κ2) is 10.6. The molecule has 4 aromatic rings. The number of aryl methyl sites for hydroxylation is 2. The van der Waals surface area contributed by atoms with E-state index in [1.807, 2.05) is 30.3 Å². The number of nitrogens with one attached hydrogen (secondary N) is 1. The Kier molecular flexibility index (Phi) is 7.24. The predicted molar refractivity (Wildman–Crippen MR) is 150 cm³/mol. The number of benzene rings is 2. The Bertz CT molecular complexity index is 1450. The normalized spacial score (nSPS) is 13.4. The van der Waals surface area contributed by atoms with Crippen LogP contribution in [-0.2, 0) is 18.3 Å². The van der Waals surface area contributed by atoms with Crippen molar-refractivity contribution < 1.29 is 14.2 Å². The molecule has 0 radical (unpaired) electrons.